The molecule has 2 aromatic rings. The largest absolute Gasteiger partial charge is 0.377 e. The van der Waals surface area contributed by atoms with Gasteiger partial charge in [-0.25, -0.2) is 0 Å². The minimum absolute atomic E-state index is 0.340. The van der Waals surface area contributed by atoms with E-state index in [-0.39, 0.29) is 10.9 Å². The predicted molar refractivity (Wildman–Crippen MR) is 93.9 cm³/mol. The van der Waals surface area contributed by atoms with Crippen molar-refractivity contribution >= 4 is 28.7 Å². The van der Waals surface area contributed by atoms with E-state index < -0.39 is 0 Å². The van der Waals surface area contributed by atoms with E-state index in [4.69, 9.17) is 11.6 Å². The van der Waals surface area contributed by atoms with Gasteiger partial charge in [-0.05, 0) is 37.1 Å². The highest BCUT2D eigenvalue weighted by atomic mass is 35.5. The van der Waals surface area contributed by atoms with Crippen LogP contribution in [0.2, 0.25) is 5.02 Å². The molecule has 2 fully saturated rings. The van der Waals surface area contributed by atoms with E-state index in [1.54, 1.807) is 0 Å². The van der Waals surface area contributed by atoms with Gasteiger partial charge in [-0.15, -0.1) is 0 Å². The normalized spacial score (nSPS) is 18.5. The third kappa shape index (κ3) is 2.70. The van der Waals surface area contributed by atoms with Crippen LogP contribution in [0.1, 0.15) is 12.8 Å². The lowest BCUT2D eigenvalue weighted by Gasteiger charge is -2.38. The Kier molecular flexibility index (Phi) is 3.53. The lowest BCUT2D eigenvalue weighted by Crippen LogP contribution is -2.51. The first-order valence-corrected chi connectivity index (χ1v) is 8.36. The summed E-state index contributed by atoms with van der Waals surface area (Å²) in [6.07, 6.45) is 2.17. The minimum Gasteiger partial charge on any atom is -0.377 e. The number of piperazine rings is 1. The second kappa shape index (κ2) is 5.57. The van der Waals surface area contributed by atoms with Crippen molar-refractivity contribution in [3.63, 3.8) is 0 Å². The highest BCUT2D eigenvalue weighted by Gasteiger charge is 2.32. The molecule has 4 rings (SSSR count). The fourth-order valence-electron chi connectivity index (χ4n) is 3.09. The summed E-state index contributed by atoms with van der Waals surface area (Å²) >= 11 is 5.92. The molecule has 5 nitrogen and oxygen atoms in total. The van der Waals surface area contributed by atoms with Crippen molar-refractivity contribution in [1.29, 1.82) is 0 Å². The third-order valence-corrected chi connectivity index (χ3v) is 4.85. The number of halogens is 1. The summed E-state index contributed by atoms with van der Waals surface area (Å²) in [6, 6.07) is 8.17. The quantitative estimate of drug-likeness (QED) is 0.866. The van der Waals surface area contributed by atoms with Crippen molar-refractivity contribution in [2.75, 3.05) is 41.3 Å². The Morgan fingerprint density at radius 2 is 1.52 bits per heavy atom. The van der Waals surface area contributed by atoms with Gasteiger partial charge in [0.2, 0.25) is 0 Å². The van der Waals surface area contributed by atoms with Crippen LogP contribution in [0, 0.1) is 0 Å². The number of hydrogen-bond donors (Lipinski definition) is 1. The summed E-state index contributed by atoms with van der Waals surface area (Å²) in [7, 11) is 0. The first kappa shape index (κ1) is 14.6. The van der Waals surface area contributed by atoms with Crippen LogP contribution >= 0.6 is 11.6 Å². The Morgan fingerprint density at radius 1 is 0.913 bits per heavy atom. The Hall–Kier alpha value is -2.01. The van der Waals surface area contributed by atoms with Crippen LogP contribution in [0.3, 0.4) is 0 Å². The topological polar surface area (TPSA) is 52.7 Å². The highest BCUT2D eigenvalue weighted by Crippen LogP contribution is 2.29. The smallest absolute Gasteiger partial charge is 0.253 e. The average Bonchev–Trinajstić information content (AvgIpc) is 3.39. The van der Waals surface area contributed by atoms with Crippen LogP contribution in [0.5, 0.6) is 0 Å². The molecule has 1 heterocycles. The van der Waals surface area contributed by atoms with E-state index in [1.807, 2.05) is 29.2 Å². The molecule has 1 aliphatic heterocycles. The summed E-state index contributed by atoms with van der Waals surface area (Å²) in [5, 5.41) is 3.93. The molecule has 0 atom stereocenters. The van der Waals surface area contributed by atoms with Crippen molar-refractivity contribution < 1.29 is 0 Å². The molecule has 0 aromatic heterocycles. The molecule has 0 radical (unpaired) electrons. The van der Waals surface area contributed by atoms with Gasteiger partial charge in [-0.1, -0.05) is 11.6 Å². The number of nitrogens with zero attached hydrogens (tertiary/aromatic N) is 2. The summed E-state index contributed by atoms with van der Waals surface area (Å²) in [5.74, 6) is 0. The summed E-state index contributed by atoms with van der Waals surface area (Å²) in [5.41, 5.74) is 1.57. The molecule has 1 N–H and O–H groups in total. The second-order valence-corrected chi connectivity index (χ2v) is 6.69. The lowest BCUT2D eigenvalue weighted by molar-refractivity contribution is 0.650. The van der Waals surface area contributed by atoms with Crippen LogP contribution in [0.4, 0.5) is 17.1 Å². The molecule has 23 heavy (non-hydrogen) atoms. The molecule has 0 unspecified atom stereocenters. The van der Waals surface area contributed by atoms with Gasteiger partial charge in [0.25, 0.3) is 10.9 Å². The van der Waals surface area contributed by atoms with E-state index in [1.165, 1.54) is 0 Å². The van der Waals surface area contributed by atoms with Gasteiger partial charge < -0.3 is 15.1 Å². The molecule has 1 aliphatic carbocycles. The Labute approximate surface area is 139 Å². The molecule has 120 valence electrons. The fraction of sp³-hybridized carbons (Fsp3) is 0.412. The van der Waals surface area contributed by atoms with Gasteiger partial charge in [0.1, 0.15) is 11.4 Å². The lowest BCUT2D eigenvalue weighted by atomic mass is 10.1. The van der Waals surface area contributed by atoms with E-state index in [0.29, 0.717) is 17.4 Å². The fourth-order valence-corrected chi connectivity index (χ4v) is 3.21. The third-order valence-electron chi connectivity index (χ3n) is 4.60. The van der Waals surface area contributed by atoms with Gasteiger partial charge >= 0.3 is 0 Å². The Bertz CT molecular complexity index is 783. The summed E-state index contributed by atoms with van der Waals surface area (Å²) < 4.78 is 0. The number of nitrogens with one attached hydrogen (secondary N) is 1. The number of benzene rings is 1. The molecule has 0 bridgehead atoms. The maximum absolute atomic E-state index is 11.9. The SMILES string of the molecule is O=c1c(NC2CC2)c(N2CCN(c3ccc(Cl)cc3)CC2)c1=O. The molecular formula is C17H18ClN3O2. The zero-order valence-corrected chi connectivity index (χ0v) is 13.5. The molecule has 2 aliphatic rings. The highest BCUT2D eigenvalue weighted by molar-refractivity contribution is 6.30. The maximum Gasteiger partial charge on any atom is 0.253 e. The van der Waals surface area contributed by atoms with Crippen molar-refractivity contribution in [2.24, 2.45) is 0 Å². The molecular weight excluding hydrogens is 314 g/mol. The molecule has 0 spiro atoms. The zero-order valence-electron chi connectivity index (χ0n) is 12.7. The molecule has 6 heteroatoms. The maximum atomic E-state index is 11.9. The Morgan fingerprint density at radius 3 is 2.13 bits per heavy atom. The van der Waals surface area contributed by atoms with Crippen LogP contribution in [-0.2, 0) is 0 Å². The van der Waals surface area contributed by atoms with Gasteiger partial charge in [-0.3, -0.25) is 9.59 Å². The van der Waals surface area contributed by atoms with Crippen LogP contribution < -0.4 is 26.0 Å². The summed E-state index contributed by atoms with van der Waals surface area (Å²) in [6.45, 7) is 3.13. The predicted octanol–water partition coefficient (Wildman–Crippen LogP) is 1.84. The van der Waals surface area contributed by atoms with Gasteiger partial charge in [-0.2, -0.15) is 0 Å². The molecule has 1 saturated carbocycles. The van der Waals surface area contributed by atoms with E-state index in [2.05, 4.69) is 10.2 Å². The minimum atomic E-state index is -0.355. The van der Waals surface area contributed by atoms with E-state index >= 15 is 0 Å². The number of rotatable bonds is 4. The first-order valence-electron chi connectivity index (χ1n) is 7.99. The van der Waals surface area contributed by atoms with E-state index in [9.17, 15) is 9.59 Å². The molecule has 1 saturated heterocycles. The van der Waals surface area contributed by atoms with Crippen molar-refractivity contribution in [1.82, 2.24) is 0 Å². The zero-order chi connectivity index (χ0) is 16.0. The molecule has 2 aromatic carbocycles. The standard InChI is InChI=1S/C17H18ClN3O2/c18-11-1-5-13(6-2-11)20-7-9-21(10-8-20)15-14(16(22)17(15)23)19-12-3-4-12/h1-2,5-6,12,19H,3-4,7-10H2. The van der Waals surface area contributed by atoms with E-state index in [0.717, 1.165) is 49.7 Å². The monoisotopic (exact) mass is 331 g/mol. The number of hydrogen-bond acceptors (Lipinski definition) is 5. The van der Waals surface area contributed by atoms with Crippen LogP contribution in [-0.4, -0.2) is 32.2 Å². The van der Waals surface area contributed by atoms with Crippen molar-refractivity contribution in [3.05, 3.63) is 49.7 Å². The van der Waals surface area contributed by atoms with Gasteiger partial charge in [0.05, 0.1) is 0 Å². The summed E-state index contributed by atoms with van der Waals surface area (Å²) in [4.78, 5) is 28.0. The van der Waals surface area contributed by atoms with Gasteiger partial charge in [0.15, 0.2) is 0 Å². The van der Waals surface area contributed by atoms with Crippen LogP contribution in [0.25, 0.3) is 0 Å². The van der Waals surface area contributed by atoms with Gasteiger partial charge in [0, 0.05) is 42.9 Å². The first-order chi connectivity index (χ1) is 11.1. The average molecular weight is 332 g/mol. The van der Waals surface area contributed by atoms with Crippen LogP contribution in [0.15, 0.2) is 33.9 Å². The number of anilines is 3. The second-order valence-electron chi connectivity index (χ2n) is 6.25. The van der Waals surface area contributed by atoms with Crippen molar-refractivity contribution in [3.8, 4) is 0 Å². The molecule has 0 amide bonds. The van der Waals surface area contributed by atoms with Crippen molar-refractivity contribution in [2.45, 2.75) is 18.9 Å². The Balaban J connectivity index is 1.45.